The Balaban J connectivity index is 1.52. The first-order chi connectivity index (χ1) is 14.2. The largest absolute Gasteiger partial charge is 0.491 e. The highest BCUT2D eigenvalue weighted by Crippen LogP contribution is 2.47. The molecule has 0 saturated carbocycles. The minimum atomic E-state index is -0.260. The number of para-hydroxylation sites is 1. The number of fused-ring (bicyclic) bond motifs is 3. The lowest BCUT2D eigenvalue weighted by molar-refractivity contribution is -0.0190. The lowest BCUT2D eigenvalue weighted by Crippen LogP contribution is -2.33. The Hall–Kier alpha value is -3.27. The minimum absolute atomic E-state index is 0.152. The fourth-order valence-corrected chi connectivity index (χ4v) is 4.04. The third-order valence-electron chi connectivity index (χ3n) is 5.34. The second-order valence-electron chi connectivity index (χ2n) is 7.76. The number of ether oxygens (including phenoxy) is 2. The second-order valence-corrected chi connectivity index (χ2v) is 7.76. The van der Waals surface area contributed by atoms with E-state index in [0.717, 1.165) is 29.2 Å². The Bertz CT molecular complexity index is 1030. The minimum Gasteiger partial charge on any atom is -0.491 e. The lowest BCUT2D eigenvalue weighted by Gasteiger charge is -2.38. The monoisotopic (exact) mass is 384 g/mol. The average Bonchev–Trinajstić information content (AvgIpc) is 3.20. The van der Waals surface area contributed by atoms with Gasteiger partial charge in [0.2, 0.25) is 6.23 Å². The molecule has 5 rings (SSSR count). The molecule has 2 aliphatic heterocycles. The van der Waals surface area contributed by atoms with Gasteiger partial charge in [0, 0.05) is 17.5 Å². The zero-order valence-corrected chi connectivity index (χ0v) is 16.7. The van der Waals surface area contributed by atoms with Gasteiger partial charge in [0.25, 0.3) is 0 Å². The first kappa shape index (κ1) is 17.8. The normalized spacial score (nSPS) is 20.0. The van der Waals surface area contributed by atoms with Crippen molar-refractivity contribution in [1.29, 1.82) is 0 Å². The topological polar surface area (TPSA) is 34.1 Å². The maximum absolute atomic E-state index is 6.42. The van der Waals surface area contributed by atoms with Crippen LogP contribution in [0.25, 0.3) is 0 Å². The summed E-state index contributed by atoms with van der Waals surface area (Å²) in [5, 5.41) is 7.12. The molecule has 146 valence electrons. The van der Waals surface area contributed by atoms with Crippen molar-refractivity contribution in [1.82, 2.24) is 5.01 Å². The Morgan fingerprint density at radius 2 is 1.66 bits per heavy atom. The molecule has 3 aromatic rings. The van der Waals surface area contributed by atoms with E-state index in [1.807, 2.05) is 38.1 Å². The van der Waals surface area contributed by atoms with Gasteiger partial charge in [-0.1, -0.05) is 48.5 Å². The SMILES string of the molecule is CC(C)Oc1ccc([C@H]2Oc3ccccc3[C@H]3CC(c4ccccc4)=NN32)cc1. The molecule has 0 radical (unpaired) electrons. The van der Waals surface area contributed by atoms with Crippen molar-refractivity contribution in [2.45, 2.75) is 38.6 Å². The van der Waals surface area contributed by atoms with Crippen LogP contribution >= 0.6 is 0 Å². The number of hydrogen-bond acceptors (Lipinski definition) is 4. The molecule has 0 aliphatic carbocycles. The number of nitrogens with zero attached hydrogens (tertiary/aromatic N) is 2. The van der Waals surface area contributed by atoms with Gasteiger partial charge in [0.05, 0.1) is 17.9 Å². The van der Waals surface area contributed by atoms with Crippen LogP contribution in [0.2, 0.25) is 0 Å². The maximum atomic E-state index is 6.42. The van der Waals surface area contributed by atoms with E-state index in [1.54, 1.807) is 0 Å². The molecule has 0 amide bonds. The first-order valence-electron chi connectivity index (χ1n) is 10.1. The molecule has 3 aromatic carbocycles. The zero-order valence-electron chi connectivity index (χ0n) is 16.7. The standard InChI is InChI=1S/C25H24N2O2/c1-17(2)28-20-14-12-19(13-15-20)25-27-23(21-10-6-7-11-24(21)29-25)16-22(26-27)18-8-4-3-5-9-18/h3-15,17,23,25H,16H2,1-2H3/t23-,25-/m1/s1. The number of hydrogen-bond donors (Lipinski definition) is 0. The van der Waals surface area contributed by atoms with Crippen molar-refractivity contribution < 1.29 is 9.47 Å². The van der Waals surface area contributed by atoms with Crippen molar-refractivity contribution in [2.24, 2.45) is 5.10 Å². The van der Waals surface area contributed by atoms with E-state index in [1.165, 1.54) is 11.1 Å². The fourth-order valence-electron chi connectivity index (χ4n) is 4.04. The molecule has 0 aromatic heterocycles. The quantitative estimate of drug-likeness (QED) is 0.577. The summed E-state index contributed by atoms with van der Waals surface area (Å²) in [5.41, 5.74) is 4.52. The summed E-state index contributed by atoms with van der Waals surface area (Å²) in [6.07, 6.45) is 0.763. The number of rotatable bonds is 4. The van der Waals surface area contributed by atoms with E-state index in [4.69, 9.17) is 14.6 Å². The van der Waals surface area contributed by atoms with E-state index in [9.17, 15) is 0 Å². The molecule has 0 bridgehead atoms. The lowest BCUT2D eigenvalue weighted by atomic mass is 9.96. The van der Waals surface area contributed by atoms with E-state index >= 15 is 0 Å². The van der Waals surface area contributed by atoms with Gasteiger partial charge in [0.15, 0.2) is 0 Å². The Morgan fingerprint density at radius 1 is 0.931 bits per heavy atom. The van der Waals surface area contributed by atoms with Gasteiger partial charge in [-0.05, 0) is 49.7 Å². The molecule has 4 nitrogen and oxygen atoms in total. The molecular weight excluding hydrogens is 360 g/mol. The fraction of sp³-hybridized carbons (Fsp3) is 0.240. The van der Waals surface area contributed by atoms with Gasteiger partial charge in [0.1, 0.15) is 11.5 Å². The highest BCUT2D eigenvalue weighted by molar-refractivity contribution is 6.01. The molecular formula is C25H24N2O2. The maximum Gasteiger partial charge on any atom is 0.213 e. The molecule has 0 unspecified atom stereocenters. The van der Waals surface area contributed by atoms with Gasteiger partial charge in [-0.25, -0.2) is 5.01 Å². The molecule has 0 N–H and O–H groups in total. The van der Waals surface area contributed by atoms with Crippen molar-refractivity contribution in [3.05, 3.63) is 95.6 Å². The van der Waals surface area contributed by atoms with Crippen LogP contribution in [0, 0.1) is 0 Å². The van der Waals surface area contributed by atoms with Gasteiger partial charge >= 0.3 is 0 Å². The van der Waals surface area contributed by atoms with Crippen LogP contribution in [0.5, 0.6) is 11.5 Å². The predicted octanol–water partition coefficient (Wildman–Crippen LogP) is 5.72. The van der Waals surface area contributed by atoms with E-state index < -0.39 is 0 Å². The highest BCUT2D eigenvalue weighted by Gasteiger charge is 2.40. The van der Waals surface area contributed by atoms with Crippen LogP contribution in [0.15, 0.2) is 84.0 Å². The number of hydrazone groups is 1. The molecule has 4 heteroatoms. The van der Waals surface area contributed by atoms with Crippen LogP contribution in [0.4, 0.5) is 0 Å². The Morgan fingerprint density at radius 3 is 2.41 bits per heavy atom. The van der Waals surface area contributed by atoms with Crippen LogP contribution in [-0.2, 0) is 0 Å². The van der Waals surface area contributed by atoms with Gasteiger partial charge in [-0.15, -0.1) is 0 Å². The predicted molar refractivity (Wildman–Crippen MR) is 114 cm³/mol. The molecule has 0 spiro atoms. The summed E-state index contributed by atoms with van der Waals surface area (Å²) in [7, 11) is 0. The van der Waals surface area contributed by atoms with Crippen LogP contribution < -0.4 is 9.47 Å². The average molecular weight is 384 g/mol. The van der Waals surface area contributed by atoms with Crippen LogP contribution in [-0.4, -0.2) is 16.8 Å². The molecule has 2 atom stereocenters. The first-order valence-corrected chi connectivity index (χ1v) is 10.1. The molecule has 0 saturated heterocycles. The van der Waals surface area contributed by atoms with Gasteiger partial charge < -0.3 is 9.47 Å². The van der Waals surface area contributed by atoms with Crippen LogP contribution in [0.1, 0.15) is 49.2 Å². The molecule has 29 heavy (non-hydrogen) atoms. The summed E-state index contributed by atoms with van der Waals surface area (Å²) < 4.78 is 12.2. The van der Waals surface area contributed by atoms with E-state index in [2.05, 4.69) is 59.6 Å². The Kier molecular flexibility index (Phi) is 4.47. The van der Waals surface area contributed by atoms with Crippen LogP contribution in [0.3, 0.4) is 0 Å². The van der Waals surface area contributed by atoms with Gasteiger partial charge in [-0.3, -0.25) is 0 Å². The summed E-state index contributed by atoms with van der Waals surface area (Å²) in [5.74, 6) is 1.80. The molecule has 2 heterocycles. The van der Waals surface area contributed by atoms with Crippen molar-refractivity contribution in [3.8, 4) is 11.5 Å². The van der Waals surface area contributed by atoms with Gasteiger partial charge in [-0.2, -0.15) is 5.10 Å². The second kappa shape index (κ2) is 7.28. The summed E-state index contributed by atoms with van der Waals surface area (Å²) in [4.78, 5) is 0. The third-order valence-corrected chi connectivity index (χ3v) is 5.34. The highest BCUT2D eigenvalue weighted by atomic mass is 16.5. The summed E-state index contributed by atoms with van der Waals surface area (Å²) in [6, 6.07) is 27.0. The van der Waals surface area contributed by atoms with Crippen molar-refractivity contribution >= 4 is 5.71 Å². The summed E-state index contributed by atoms with van der Waals surface area (Å²) >= 11 is 0. The Labute approximate surface area is 171 Å². The number of benzene rings is 3. The van der Waals surface area contributed by atoms with Crippen molar-refractivity contribution in [3.63, 3.8) is 0 Å². The van der Waals surface area contributed by atoms with E-state index in [0.29, 0.717) is 0 Å². The molecule has 0 fully saturated rings. The zero-order chi connectivity index (χ0) is 19.8. The third kappa shape index (κ3) is 3.35. The summed E-state index contributed by atoms with van der Waals surface area (Å²) in [6.45, 7) is 4.06. The smallest absolute Gasteiger partial charge is 0.213 e. The molecule has 2 aliphatic rings. The van der Waals surface area contributed by atoms with Crippen molar-refractivity contribution in [2.75, 3.05) is 0 Å². The van der Waals surface area contributed by atoms with E-state index in [-0.39, 0.29) is 18.4 Å².